The van der Waals surface area contributed by atoms with Crippen molar-refractivity contribution in [2.75, 3.05) is 18.5 Å². The Kier molecular flexibility index (Phi) is 6.11. The van der Waals surface area contributed by atoms with E-state index in [-0.39, 0.29) is 29.4 Å². The van der Waals surface area contributed by atoms with Crippen molar-refractivity contribution in [1.82, 2.24) is 8.87 Å². The SMILES string of the molecule is CCN(CC)S(=O)(=O)c1ccc(N/N=C/c2cccn2C)c([N+](=O)[O-])c1. The number of rotatable bonds is 8. The van der Waals surface area contributed by atoms with Gasteiger partial charge >= 0.3 is 0 Å². The van der Waals surface area contributed by atoms with Crippen molar-refractivity contribution in [2.24, 2.45) is 12.1 Å². The van der Waals surface area contributed by atoms with Crippen LogP contribution in [0.5, 0.6) is 0 Å². The predicted octanol–water partition coefficient (Wildman–Crippen LogP) is 2.41. The molecule has 0 atom stereocenters. The Labute approximate surface area is 152 Å². The molecule has 9 nitrogen and oxygen atoms in total. The normalized spacial score (nSPS) is 12.0. The van der Waals surface area contributed by atoms with E-state index in [1.54, 1.807) is 13.8 Å². The summed E-state index contributed by atoms with van der Waals surface area (Å²) in [6.45, 7) is 3.99. The number of anilines is 1. The minimum atomic E-state index is -3.78. The first kappa shape index (κ1) is 19.6. The maximum Gasteiger partial charge on any atom is 0.295 e. The maximum atomic E-state index is 12.5. The Morgan fingerprint density at radius 2 is 2.00 bits per heavy atom. The van der Waals surface area contributed by atoms with Crippen LogP contribution in [0.25, 0.3) is 0 Å². The first-order chi connectivity index (χ1) is 12.3. The Balaban J connectivity index is 2.33. The number of nitrogens with one attached hydrogen (secondary N) is 1. The molecule has 2 aromatic rings. The number of aromatic nitrogens is 1. The molecule has 0 aliphatic heterocycles. The Hall–Kier alpha value is -2.72. The summed E-state index contributed by atoms with van der Waals surface area (Å²) in [5.41, 5.74) is 3.16. The lowest BCUT2D eigenvalue weighted by molar-refractivity contribution is -0.384. The van der Waals surface area contributed by atoms with Gasteiger partial charge in [-0.1, -0.05) is 13.8 Å². The molecule has 0 amide bonds. The van der Waals surface area contributed by atoms with Gasteiger partial charge in [0.1, 0.15) is 5.69 Å². The van der Waals surface area contributed by atoms with Gasteiger partial charge < -0.3 is 4.57 Å². The first-order valence-corrected chi connectivity index (χ1v) is 9.44. The number of nitro groups is 1. The summed E-state index contributed by atoms with van der Waals surface area (Å²) in [7, 11) is -1.93. The molecule has 0 aliphatic rings. The molecule has 2 rings (SSSR count). The first-order valence-electron chi connectivity index (χ1n) is 8.00. The van der Waals surface area contributed by atoms with Crippen LogP contribution in [0.15, 0.2) is 46.5 Å². The third-order valence-electron chi connectivity index (χ3n) is 3.87. The minimum absolute atomic E-state index is 0.110. The Morgan fingerprint density at radius 1 is 1.31 bits per heavy atom. The molecule has 0 saturated carbocycles. The number of nitro benzene ring substituents is 1. The number of benzene rings is 1. The summed E-state index contributed by atoms with van der Waals surface area (Å²) in [6.07, 6.45) is 3.36. The summed E-state index contributed by atoms with van der Waals surface area (Å²) in [5, 5.41) is 15.3. The molecule has 0 aliphatic carbocycles. The van der Waals surface area contributed by atoms with E-state index in [1.807, 2.05) is 29.9 Å². The largest absolute Gasteiger partial charge is 0.350 e. The van der Waals surface area contributed by atoms with Crippen LogP contribution in [0, 0.1) is 10.1 Å². The average molecular weight is 379 g/mol. The zero-order valence-corrected chi connectivity index (χ0v) is 15.6. The van der Waals surface area contributed by atoms with Crippen molar-refractivity contribution in [3.8, 4) is 0 Å². The molecule has 1 aromatic carbocycles. The molecule has 0 unspecified atom stereocenters. The van der Waals surface area contributed by atoms with Crippen molar-refractivity contribution in [1.29, 1.82) is 0 Å². The van der Waals surface area contributed by atoms with Crippen molar-refractivity contribution in [3.63, 3.8) is 0 Å². The number of hydrogen-bond donors (Lipinski definition) is 1. The molecular formula is C16H21N5O4S. The van der Waals surface area contributed by atoms with E-state index < -0.39 is 14.9 Å². The molecule has 1 heterocycles. The fourth-order valence-electron chi connectivity index (χ4n) is 2.41. The lowest BCUT2D eigenvalue weighted by Crippen LogP contribution is -2.30. The molecule has 0 saturated heterocycles. The van der Waals surface area contributed by atoms with Crippen LogP contribution in [-0.2, 0) is 17.1 Å². The van der Waals surface area contributed by atoms with Crippen molar-refractivity contribution >= 4 is 27.6 Å². The van der Waals surface area contributed by atoms with Crippen LogP contribution in [0.3, 0.4) is 0 Å². The highest BCUT2D eigenvalue weighted by atomic mass is 32.2. The van der Waals surface area contributed by atoms with Gasteiger partial charge in [-0.2, -0.15) is 9.41 Å². The monoisotopic (exact) mass is 379 g/mol. The summed E-state index contributed by atoms with van der Waals surface area (Å²) >= 11 is 0. The van der Waals surface area contributed by atoms with Crippen molar-refractivity contribution < 1.29 is 13.3 Å². The number of hydrazone groups is 1. The van der Waals surface area contributed by atoms with E-state index in [2.05, 4.69) is 10.5 Å². The van der Waals surface area contributed by atoms with Crippen molar-refractivity contribution in [3.05, 3.63) is 52.3 Å². The highest BCUT2D eigenvalue weighted by Gasteiger charge is 2.25. The van der Waals surface area contributed by atoms with Gasteiger partial charge in [0.15, 0.2) is 0 Å². The molecule has 0 fully saturated rings. The maximum absolute atomic E-state index is 12.5. The quantitative estimate of drug-likeness (QED) is 0.430. The summed E-state index contributed by atoms with van der Waals surface area (Å²) in [6, 6.07) is 7.40. The lowest BCUT2D eigenvalue weighted by Gasteiger charge is -2.18. The topological polar surface area (TPSA) is 110 Å². The molecule has 0 bridgehead atoms. The minimum Gasteiger partial charge on any atom is -0.350 e. The van der Waals surface area contributed by atoms with E-state index in [1.165, 1.54) is 22.7 Å². The molecule has 140 valence electrons. The summed E-state index contributed by atoms with van der Waals surface area (Å²) in [4.78, 5) is 10.6. The third-order valence-corrected chi connectivity index (χ3v) is 5.92. The second kappa shape index (κ2) is 8.11. The van der Waals surface area contributed by atoms with Gasteiger partial charge in [0, 0.05) is 32.4 Å². The average Bonchev–Trinajstić information content (AvgIpc) is 3.00. The Bertz CT molecular complexity index is 916. The second-order valence-corrected chi connectivity index (χ2v) is 7.38. The lowest BCUT2D eigenvalue weighted by atomic mass is 10.3. The number of aryl methyl sites for hydroxylation is 1. The number of nitrogens with zero attached hydrogens (tertiary/aromatic N) is 4. The molecule has 0 spiro atoms. The Morgan fingerprint density at radius 3 is 2.54 bits per heavy atom. The molecule has 26 heavy (non-hydrogen) atoms. The van der Waals surface area contributed by atoms with Crippen molar-refractivity contribution in [2.45, 2.75) is 18.7 Å². The predicted molar refractivity (Wildman–Crippen MR) is 99.8 cm³/mol. The van der Waals surface area contributed by atoms with E-state index in [4.69, 9.17) is 0 Å². The number of hydrogen-bond acceptors (Lipinski definition) is 6. The smallest absolute Gasteiger partial charge is 0.295 e. The van der Waals surface area contributed by atoms with E-state index >= 15 is 0 Å². The van der Waals surface area contributed by atoms with Crippen LogP contribution < -0.4 is 5.43 Å². The third kappa shape index (κ3) is 4.09. The van der Waals surface area contributed by atoms with E-state index in [0.717, 1.165) is 11.8 Å². The fourth-order valence-corrected chi connectivity index (χ4v) is 3.89. The standard InChI is InChI=1S/C16H21N5O4S/c1-4-20(5-2)26(24,25)14-8-9-15(16(11-14)21(22)23)18-17-12-13-7-6-10-19(13)3/h6-12,18H,4-5H2,1-3H3/b17-12+. The zero-order valence-electron chi connectivity index (χ0n) is 14.8. The van der Waals surface area contributed by atoms with Gasteiger partial charge in [-0.15, -0.1) is 0 Å². The number of sulfonamides is 1. The molecular weight excluding hydrogens is 358 g/mol. The van der Waals surface area contributed by atoms with Gasteiger partial charge in [-0.05, 0) is 24.3 Å². The van der Waals surface area contributed by atoms with Gasteiger partial charge in [0.2, 0.25) is 10.0 Å². The molecule has 10 heteroatoms. The van der Waals surface area contributed by atoms with E-state index in [0.29, 0.717) is 0 Å². The van der Waals surface area contributed by atoms with Crippen LogP contribution in [0.4, 0.5) is 11.4 Å². The molecule has 1 N–H and O–H groups in total. The summed E-state index contributed by atoms with van der Waals surface area (Å²) in [5.74, 6) is 0. The molecule has 1 aromatic heterocycles. The molecule has 0 radical (unpaired) electrons. The van der Waals surface area contributed by atoms with Gasteiger partial charge in [0.25, 0.3) is 5.69 Å². The highest BCUT2D eigenvalue weighted by molar-refractivity contribution is 7.89. The van der Waals surface area contributed by atoms with Gasteiger partial charge in [-0.3, -0.25) is 15.5 Å². The highest BCUT2D eigenvalue weighted by Crippen LogP contribution is 2.29. The van der Waals surface area contributed by atoms with Crippen LogP contribution in [0.2, 0.25) is 0 Å². The van der Waals surface area contributed by atoms with Gasteiger partial charge in [-0.25, -0.2) is 8.42 Å². The van der Waals surface area contributed by atoms with Gasteiger partial charge in [0.05, 0.1) is 21.7 Å². The van der Waals surface area contributed by atoms with Crippen LogP contribution in [-0.4, -0.2) is 41.5 Å². The summed E-state index contributed by atoms with van der Waals surface area (Å²) < 4.78 is 28.2. The van der Waals surface area contributed by atoms with Crippen LogP contribution >= 0.6 is 0 Å². The van der Waals surface area contributed by atoms with E-state index in [9.17, 15) is 18.5 Å². The zero-order chi connectivity index (χ0) is 19.3. The second-order valence-electron chi connectivity index (χ2n) is 5.44. The van der Waals surface area contributed by atoms with Crippen LogP contribution in [0.1, 0.15) is 19.5 Å². The fraction of sp³-hybridized carbons (Fsp3) is 0.312.